The minimum atomic E-state index is 0. The lowest BCUT2D eigenvalue weighted by atomic mass is 10.1. The molecule has 0 aromatic heterocycles. The number of likely N-dealkylation sites (N-methyl/N-ethyl adjacent to an activating group) is 1. The van der Waals surface area contributed by atoms with Crippen LogP contribution >= 0.6 is 24.0 Å². The van der Waals surface area contributed by atoms with E-state index in [1.54, 1.807) is 0 Å². The van der Waals surface area contributed by atoms with Gasteiger partial charge >= 0.3 is 0 Å². The van der Waals surface area contributed by atoms with Crippen LogP contribution in [0.2, 0.25) is 0 Å². The highest BCUT2D eigenvalue weighted by Crippen LogP contribution is 2.15. The fourth-order valence-corrected chi connectivity index (χ4v) is 4.38. The molecule has 0 aliphatic carbocycles. The fraction of sp³-hybridized carbons (Fsp3) is 0.667. The standard InChI is InChI=1S/C24H40N6O.HI/c1-4-23(31)30-12-11-22(19-30)27-24(25-5-2)26-17-20-9-7-8-10-21(20)18-29-15-13-28(6-3)14-16-29;/h7-10,22H,4-6,11-19H2,1-3H3,(H2,25,26,27);1H. The molecular formula is C24H41IN6O. The Morgan fingerprint density at radius 2 is 1.72 bits per heavy atom. The van der Waals surface area contributed by atoms with Crippen LogP contribution in [0.1, 0.15) is 44.7 Å². The van der Waals surface area contributed by atoms with Crippen LogP contribution < -0.4 is 10.6 Å². The minimum absolute atomic E-state index is 0. The molecule has 1 aromatic carbocycles. The number of amides is 1. The van der Waals surface area contributed by atoms with Gasteiger partial charge in [0.05, 0.1) is 6.54 Å². The number of rotatable bonds is 8. The molecule has 7 nitrogen and oxygen atoms in total. The van der Waals surface area contributed by atoms with E-state index < -0.39 is 0 Å². The molecule has 2 aliphatic heterocycles. The maximum atomic E-state index is 12.0. The van der Waals surface area contributed by atoms with Crippen molar-refractivity contribution in [3.05, 3.63) is 35.4 Å². The number of halogens is 1. The zero-order valence-electron chi connectivity index (χ0n) is 20.0. The van der Waals surface area contributed by atoms with E-state index in [1.807, 2.05) is 11.8 Å². The number of guanidine groups is 1. The molecule has 2 heterocycles. The highest BCUT2D eigenvalue weighted by molar-refractivity contribution is 14.0. The molecule has 1 aromatic rings. The van der Waals surface area contributed by atoms with Gasteiger partial charge in [-0.3, -0.25) is 9.69 Å². The van der Waals surface area contributed by atoms with Gasteiger partial charge in [-0.05, 0) is 31.0 Å². The van der Waals surface area contributed by atoms with Crippen molar-refractivity contribution in [3.63, 3.8) is 0 Å². The Labute approximate surface area is 211 Å². The number of nitrogens with one attached hydrogen (secondary N) is 2. The van der Waals surface area contributed by atoms with Gasteiger partial charge in [-0.2, -0.15) is 0 Å². The molecule has 2 N–H and O–H groups in total. The summed E-state index contributed by atoms with van der Waals surface area (Å²) in [4.78, 5) is 23.9. The summed E-state index contributed by atoms with van der Waals surface area (Å²) < 4.78 is 0. The Bertz CT molecular complexity index is 735. The van der Waals surface area contributed by atoms with E-state index in [9.17, 15) is 4.79 Å². The fourth-order valence-electron chi connectivity index (χ4n) is 4.38. The highest BCUT2D eigenvalue weighted by atomic mass is 127. The van der Waals surface area contributed by atoms with E-state index in [0.29, 0.717) is 13.0 Å². The summed E-state index contributed by atoms with van der Waals surface area (Å²) in [6, 6.07) is 8.93. The van der Waals surface area contributed by atoms with Gasteiger partial charge in [-0.1, -0.05) is 38.1 Å². The van der Waals surface area contributed by atoms with Gasteiger partial charge < -0.3 is 20.4 Å². The van der Waals surface area contributed by atoms with Crippen LogP contribution in [-0.4, -0.2) is 85.0 Å². The summed E-state index contributed by atoms with van der Waals surface area (Å²) in [7, 11) is 0. The quantitative estimate of drug-likeness (QED) is 0.293. The number of piperazine rings is 1. The van der Waals surface area contributed by atoms with Gasteiger partial charge in [0.1, 0.15) is 0 Å². The predicted molar refractivity (Wildman–Crippen MR) is 142 cm³/mol. The van der Waals surface area contributed by atoms with Crippen molar-refractivity contribution in [1.82, 2.24) is 25.3 Å². The molecule has 0 saturated carbocycles. The number of hydrogen-bond donors (Lipinski definition) is 2. The average molecular weight is 557 g/mol. The van der Waals surface area contributed by atoms with E-state index in [1.165, 1.54) is 11.1 Å². The molecular weight excluding hydrogens is 515 g/mol. The third-order valence-corrected chi connectivity index (χ3v) is 6.36. The monoisotopic (exact) mass is 556 g/mol. The van der Waals surface area contributed by atoms with Crippen LogP contribution in [0.3, 0.4) is 0 Å². The summed E-state index contributed by atoms with van der Waals surface area (Å²) in [6.07, 6.45) is 1.54. The second-order valence-corrected chi connectivity index (χ2v) is 8.50. The lowest BCUT2D eigenvalue weighted by Gasteiger charge is -2.34. The van der Waals surface area contributed by atoms with Gasteiger partial charge in [0, 0.05) is 64.8 Å². The molecule has 1 atom stereocenters. The molecule has 0 bridgehead atoms. The summed E-state index contributed by atoms with van der Waals surface area (Å²) in [5.74, 6) is 1.07. The molecule has 2 saturated heterocycles. The Kier molecular flexibility index (Phi) is 11.7. The van der Waals surface area contributed by atoms with Crippen LogP contribution in [0.5, 0.6) is 0 Å². The van der Waals surface area contributed by atoms with Gasteiger partial charge in [0.15, 0.2) is 5.96 Å². The number of carbonyl (C=O) groups excluding carboxylic acids is 1. The second kappa shape index (κ2) is 14.0. The molecule has 2 aliphatic rings. The predicted octanol–water partition coefficient (Wildman–Crippen LogP) is 2.51. The molecule has 0 spiro atoms. The van der Waals surface area contributed by atoms with Crippen molar-refractivity contribution >= 4 is 35.8 Å². The zero-order valence-corrected chi connectivity index (χ0v) is 22.3. The largest absolute Gasteiger partial charge is 0.357 e. The number of carbonyl (C=O) groups is 1. The summed E-state index contributed by atoms with van der Waals surface area (Å²) in [5.41, 5.74) is 2.65. The molecule has 8 heteroatoms. The zero-order chi connectivity index (χ0) is 22.1. The van der Waals surface area contributed by atoms with E-state index in [2.05, 4.69) is 58.5 Å². The number of hydrogen-bond acceptors (Lipinski definition) is 4. The number of nitrogens with zero attached hydrogens (tertiary/aromatic N) is 4. The minimum Gasteiger partial charge on any atom is -0.357 e. The Hall–Kier alpha value is -1.39. The molecule has 1 amide bonds. The van der Waals surface area contributed by atoms with Gasteiger partial charge in [0.2, 0.25) is 5.91 Å². The highest BCUT2D eigenvalue weighted by Gasteiger charge is 2.25. The Morgan fingerprint density at radius 3 is 2.38 bits per heavy atom. The first-order valence-electron chi connectivity index (χ1n) is 12.0. The lowest BCUT2D eigenvalue weighted by molar-refractivity contribution is -0.129. The van der Waals surface area contributed by atoms with Crippen molar-refractivity contribution in [2.75, 3.05) is 52.4 Å². The Balaban J connectivity index is 0.00000363. The first-order valence-corrected chi connectivity index (χ1v) is 12.0. The maximum Gasteiger partial charge on any atom is 0.222 e. The van der Waals surface area contributed by atoms with Gasteiger partial charge in [-0.25, -0.2) is 4.99 Å². The van der Waals surface area contributed by atoms with Crippen molar-refractivity contribution in [2.45, 2.75) is 52.7 Å². The van der Waals surface area contributed by atoms with Crippen LogP contribution in [0, 0.1) is 0 Å². The maximum absolute atomic E-state index is 12.0. The first kappa shape index (κ1) is 26.9. The molecule has 0 radical (unpaired) electrons. The van der Waals surface area contributed by atoms with Crippen molar-refractivity contribution < 1.29 is 4.79 Å². The van der Waals surface area contributed by atoms with Crippen LogP contribution in [0.15, 0.2) is 29.3 Å². The molecule has 180 valence electrons. The lowest BCUT2D eigenvalue weighted by Crippen LogP contribution is -2.45. The summed E-state index contributed by atoms with van der Waals surface area (Å²) in [6.45, 7) is 16.0. The third-order valence-electron chi connectivity index (χ3n) is 6.36. The van der Waals surface area contributed by atoms with Crippen LogP contribution in [0.25, 0.3) is 0 Å². The van der Waals surface area contributed by atoms with Crippen molar-refractivity contribution in [1.29, 1.82) is 0 Å². The Morgan fingerprint density at radius 1 is 1.03 bits per heavy atom. The first-order chi connectivity index (χ1) is 15.1. The summed E-state index contributed by atoms with van der Waals surface area (Å²) >= 11 is 0. The van der Waals surface area contributed by atoms with Gasteiger partial charge in [0.25, 0.3) is 0 Å². The second-order valence-electron chi connectivity index (χ2n) is 8.50. The third kappa shape index (κ3) is 7.88. The van der Waals surface area contributed by atoms with Crippen molar-refractivity contribution in [2.24, 2.45) is 4.99 Å². The number of likely N-dealkylation sites (tertiary alicyclic amines) is 1. The number of benzene rings is 1. The summed E-state index contributed by atoms with van der Waals surface area (Å²) in [5, 5.41) is 6.91. The normalized spacial score (nSPS) is 20.2. The molecule has 32 heavy (non-hydrogen) atoms. The average Bonchev–Trinajstić information content (AvgIpc) is 3.27. The SMILES string of the molecule is CCNC(=NCc1ccccc1CN1CCN(CC)CC1)NC1CCN(C(=O)CC)C1.I. The van der Waals surface area contributed by atoms with E-state index in [-0.39, 0.29) is 35.9 Å². The van der Waals surface area contributed by atoms with E-state index in [4.69, 9.17) is 4.99 Å². The smallest absolute Gasteiger partial charge is 0.222 e. The van der Waals surface area contributed by atoms with Crippen LogP contribution in [-0.2, 0) is 17.9 Å². The number of aliphatic imine (C=N–C) groups is 1. The molecule has 1 unspecified atom stereocenters. The molecule has 2 fully saturated rings. The van der Waals surface area contributed by atoms with Crippen LogP contribution in [0.4, 0.5) is 0 Å². The van der Waals surface area contributed by atoms with Crippen molar-refractivity contribution in [3.8, 4) is 0 Å². The van der Waals surface area contributed by atoms with E-state index >= 15 is 0 Å². The molecule has 3 rings (SSSR count). The topological polar surface area (TPSA) is 63.2 Å². The van der Waals surface area contributed by atoms with Gasteiger partial charge in [-0.15, -0.1) is 24.0 Å². The van der Waals surface area contributed by atoms with E-state index in [0.717, 1.165) is 71.3 Å².